The molecule has 1 aromatic carbocycles. The lowest BCUT2D eigenvalue weighted by Gasteiger charge is -2.34. The van der Waals surface area contributed by atoms with Gasteiger partial charge < -0.3 is 9.64 Å². The lowest BCUT2D eigenvalue weighted by molar-refractivity contribution is -0.135. The van der Waals surface area contributed by atoms with Gasteiger partial charge in [0, 0.05) is 31.6 Å². The van der Waals surface area contributed by atoms with Crippen LogP contribution in [0.15, 0.2) is 16.9 Å². The van der Waals surface area contributed by atoms with Crippen molar-refractivity contribution in [3.8, 4) is 0 Å². The summed E-state index contributed by atoms with van der Waals surface area (Å²) in [7, 11) is 1.68. The zero-order valence-corrected chi connectivity index (χ0v) is 20.1. The summed E-state index contributed by atoms with van der Waals surface area (Å²) in [5.74, 6) is -0.721. The number of benzene rings is 1. The van der Waals surface area contributed by atoms with Crippen LogP contribution in [-0.2, 0) is 21.4 Å². The largest absolute Gasteiger partial charge is 0.444 e. The van der Waals surface area contributed by atoms with E-state index in [4.69, 9.17) is 16.3 Å². The Hall–Kier alpha value is -2.81. The van der Waals surface area contributed by atoms with Crippen molar-refractivity contribution in [1.29, 1.82) is 0 Å². The van der Waals surface area contributed by atoms with Crippen molar-refractivity contribution in [3.05, 3.63) is 33.2 Å². The van der Waals surface area contributed by atoms with E-state index in [0.717, 1.165) is 11.1 Å². The molecule has 0 aliphatic carbocycles. The number of ether oxygens (including phenoxy) is 1. The molecule has 3 amide bonds. The minimum Gasteiger partial charge on any atom is -0.444 e. The van der Waals surface area contributed by atoms with Crippen molar-refractivity contribution in [2.24, 2.45) is 7.05 Å². The van der Waals surface area contributed by atoms with E-state index in [9.17, 15) is 19.2 Å². The van der Waals surface area contributed by atoms with E-state index in [2.05, 4.69) is 5.32 Å². The van der Waals surface area contributed by atoms with E-state index < -0.39 is 17.6 Å². The molecule has 2 aromatic rings. The Balaban J connectivity index is 1.66. The zero-order valence-electron chi connectivity index (χ0n) is 19.3. The second kappa shape index (κ2) is 8.52. The number of piperidine rings is 2. The second-order valence-corrected chi connectivity index (χ2v) is 10.2. The molecule has 9 nitrogen and oxygen atoms in total. The van der Waals surface area contributed by atoms with Gasteiger partial charge in [-0.2, -0.15) is 0 Å². The highest BCUT2D eigenvalue weighted by molar-refractivity contribution is 6.31. The van der Waals surface area contributed by atoms with Crippen LogP contribution in [0.3, 0.4) is 0 Å². The highest BCUT2D eigenvalue weighted by atomic mass is 35.5. The third-order valence-electron chi connectivity index (χ3n) is 6.28. The number of hydrogen-bond donors (Lipinski definition) is 1. The molecule has 1 unspecified atom stereocenters. The summed E-state index contributed by atoms with van der Waals surface area (Å²) in [6.45, 7) is 6.60. The number of aromatic nitrogens is 2. The molecule has 2 aliphatic heterocycles. The number of nitrogens with one attached hydrogen (secondary N) is 1. The number of carbonyl (C=O) groups is 3. The van der Waals surface area contributed by atoms with E-state index in [1.807, 2.05) is 26.8 Å². The summed E-state index contributed by atoms with van der Waals surface area (Å²) in [5.41, 5.74) is 1.35. The number of aryl methyl sites for hydroxylation is 1. The fraction of sp³-hybridized carbons (Fsp3) is 0.565. The van der Waals surface area contributed by atoms with Gasteiger partial charge in [-0.15, -0.1) is 0 Å². The maximum absolute atomic E-state index is 13.2. The van der Waals surface area contributed by atoms with Gasteiger partial charge in [-0.1, -0.05) is 11.6 Å². The molecule has 0 bridgehead atoms. The molecular formula is C23H29ClN4O5. The van der Waals surface area contributed by atoms with Crippen molar-refractivity contribution >= 4 is 40.5 Å². The Morgan fingerprint density at radius 3 is 2.39 bits per heavy atom. The summed E-state index contributed by atoms with van der Waals surface area (Å²) in [5, 5.41) is 2.79. The first-order valence-corrected chi connectivity index (χ1v) is 11.6. The molecule has 10 heteroatoms. The number of hydrogen-bond acceptors (Lipinski definition) is 5. The van der Waals surface area contributed by atoms with Gasteiger partial charge in [0.1, 0.15) is 11.6 Å². The van der Waals surface area contributed by atoms with Gasteiger partial charge in [-0.25, -0.2) is 9.59 Å². The van der Waals surface area contributed by atoms with Crippen molar-refractivity contribution in [2.45, 2.75) is 64.0 Å². The molecule has 2 aliphatic rings. The van der Waals surface area contributed by atoms with Crippen molar-refractivity contribution in [3.63, 3.8) is 0 Å². The Labute approximate surface area is 196 Å². The molecule has 4 rings (SSSR count). The van der Waals surface area contributed by atoms with Crippen LogP contribution in [-0.4, -0.2) is 50.6 Å². The van der Waals surface area contributed by atoms with Crippen molar-refractivity contribution in [1.82, 2.24) is 19.4 Å². The van der Waals surface area contributed by atoms with Gasteiger partial charge in [0.15, 0.2) is 0 Å². The first-order chi connectivity index (χ1) is 15.5. The summed E-state index contributed by atoms with van der Waals surface area (Å²) in [6.07, 6.45) is 1.52. The Morgan fingerprint density at radius 1 is 1.12 bits per heavy atom. The molecule has 1 aromatic heterocycles. The van der Waals surface area contributed by atoms with Gasteiger partial charge in [0.2, 0.25) is 11.8 Å². The van der Waals surface area contributed by atoms with Crippen LogP contribution in [0.25, 0.3) is 11.0 Å². The maximum Gasteiger partial charge on any atom is 0.410 e. The van der Waals surface area contributed by atoms with Crippen LogP contribution in [0.2, 0.25) is 5.02 Å². The first kappa shape index (κ1) is 23.4. The van der Waals surface area contributed by atoms with Crippen molar-refractivity contribution in [2.75, 3.05) is 13.1 Å². The summed E-state index contributed by atoms with van der Waals surface area (Å²) < 4.78 is 8.48. The number of amides is 3. The molecule has 0 spiro atoms. The van der Waals surface area contributed by atoms with Crippen LogP contribution in [0.4, 0.5) is 4.79 Å². The Bertz CT molecular complexity index is 1180. The van der Waals surface area contributed by atoms with E-state index in [0.29, 0.717) is 36.5 Å². The topological polar surface area (TPSA) is 103 Å². The zero-order chi connectivity index (χ0) is 24.1. The Morgan fingerprint density at radius 2 is 1.79 bits per heavy atom. The first-order valence-electron chi connectivity index (χ1n) is 11.2. The average molecular weight is 477 g/mol. The van der Waals surface area contributed by atoms with Gasteiger partial charge in [0.25, 0.3) is 0 Å². The predicted octanol–water partition coefficient (Wildman–Crippen LogP) is 3.09. The third-order valence-corrected chi connectivity index (χ3v) is 6.50. The number of imide groups is 1. The second-order valence-electron chi connectivity index (χ2n) is 9.78. The smallest absolute Gasteiger partial charge is 0.410 e. The maximum atomic E-state index is 13.2. The highest BCUT2D eigenvalue weighted by Gasteiger charge is 2.33. The minimum absolute atomic E-state index is 0.0908. The van der Waals surface area contributed by atoms with Gasteiger partial charge in [0.05, 0.1) is 11.0 Å². The predicted molar refractivity (Wildman–Crippen MR) is 123 cm³/mol. The quantitative estimate of drug-likeness (QED) is 0.671. The van der Waals surface area contributed by atoms with Crippen LogP contribution in [0.1, 0.15) is 64.0 Å². The van der Waals surface area contributed by atoms with Gasteiger partial charge in [-0.05, 0) is 63.6 Å². The molecule has 33 heavy (non-hydrogen) atoms. The van der Waals surface area contributed by atoms with Gasteiger partial charge >= 0.3 is 11.8 Å². The standard InChI is InChI=1S/C23H29ClN4O5/c1-23(2,3)33-22(32)27-9-7-13(8-10-27)15-11-14(24)12-17-19(15)26(4)21(31)28(17)16-5-6-18(29)25-20(16)30/h11-13,16H,5-10H2,1-4H3,(H,25,29,30). The molecule has 2 fully saturated rings. The lowest BCUT2D eigenvalue weighted by atomic mass is 9.88. The van der Waals surface area contributed by atoms with Gasteiger partial charge in [-0.3, -0.25) is 24.0 Å². The molecule has 0 saturated carbocycles. The highest BCUT2D eigenvalue weighted by Crippen LogP contribution is 2.36. The number of likely N-dealkylation sites (tertiary alicyclic amines) is 1. The average Bonchev–Trinajstić information content (AvgIpc) is 2.97. The number of nitrogens with zero attached hydrogens (tertiary/aromatic N) is 3. The monoisotopic (exact) mass is 476 g/mol. The fourth-order valence-electron chi connectivity index (χ4n) is 4.76. The SMILES string of the molecule is Cn1c(=O)n(C2CCC(=O)NC2=O)c2cc(Cl)cc(C3CCN(C(=O)OC(C)(C)C)CC3)c21. The number of fused-ring (bicyclic) bond motifs is 1. The van der Waals surface area contributed by atoms with Crippen LogP contribution in [0.5, 0.6) is 0 Å². The van der Waals surface area contributed by atoms with Crippen molar-refractivity contribution < 1.29 is 19.1 Å². The van der Waals surface area contributed by atoms with Crippen LogP contribution >= 0.6 is 11.6 Å². The van der Waals surface area contributed by atoms with E-state index in [1.165, 1.54) is 4.57 Å². The molecule has 1 N–H and O–H groups in total. The van der Waals surface area contributed by atoms with E-state index in [-0.39, 0.29) is 36.4 Å². The molecule has 2 saturated heterocycles. The van der Waals surface area contributed by atoms with Crippen LogP contribution in [0, 0.1) is 0 Å². The van der Waals surface area contributed by atoms with E-state index in [1.54, 1.807) is 22.6 Å². The fourth-order valence-corrected chi connectivity index (χ4v) is 4.98. The Kier molecular flexibility index (Phi) is 6.03. The molecule has 178 valence electrons. The molecule has 0 radical (unpaired) electrons. The third kappa shape index (κ3) is 4.51. The minimum atomic E-state index is -0.765. The summed E-state index contributed by atoms with van der Waals surface area (Å²) in [6, 6.07) is 2.80. The lowest BCUT2D eigenvalue weighted by Crippen LogP contribution is -2.44. The van der Waals surface area contributed by atoms with Crippen LogP contribution < -0.4 is 11.0 Å². The number of imidazole rings is 1. The number of halogens is 1. The van der Waals surface area contributed by atoms with E-state index >= 15 is 0 Å². The summed E-state index contributed by atoms with van der Waals surface area (Å²) in [4.78, 5) is 51.4. The molecule has 1 atom stereocenters. The number of rotatable bonds is 2. The molecular weight excluding hydrogens is 448 g/mol. The normalized spacial score (nSPS) is 20.3. The molecule has 3 heterocycles. The number of carbonyl (C=O) groups excluding carboxylic acids is 3. The summed E-state index contributed by atoms with van der Waals surface area (Å²) >= 11 is 6.46.